The van der Waals surface area contributed by atoms with E-state index in [1.54, 1.807) is 0 Å². The highest BCUT2D eigenvalue weighted by Crippen LogP contribution is 2.25. The van der Waals surface area contributed by atoms with Crippen molar-refractivity contribution in [1.29, 1.82) is 0 Å². The second kappa shape index (κ2) is 6.05. The minimum absolute atomic E-state index is 0.209. The minimum Gasteiger partial charge on any atom is -0.330 e. The van der Waals surface area contributed by atoms with Crippen molar-refractivity contribution in [2.75, 3.05) is 6.54 Å². The zero-order valence-electron chi connectivity index (χ0n) is 8.55. The van der Waals surface area contributed by atoms with Crippen molar-refractivity contribution >= 4 is 11.6 Å². The van der Waals surface area contributed by atoms with Crippen LogP contribution in [-0.4, -0.2) is 6.54 Å². The number of rotatable bonds is 5. The molecule has 2 nitrogen and oxygen atoms in total. The highest BCUT2D eigenvalue weighted by molar-refractivity contribution is 6.31. The number of benzene rings is 1. The molecular formula is C11H16ClFN2. The first-order valence-electron chi connectivity index (χ1n) is 5.05. The standard InChI is InChI=1S/C11H16ClFN2/c12-10-5-4-8(13)7-9(10)11(15)3-1-2-6-14/h4-5,7,11H,1-3,6,14-15H2/t11-/m0/s1. The van der Waals surface area contributed by atoms with Crippen LogP contribution in [-0.2, 0) is 0 Å². The summed E-state index contributed by atoms with van der Waals surface area (Å²) < 4.78 is 13.0. The first-order chi connectivity index (χ1) is 7.15. The molecule has 0 amide bonds. The quantitative estimate of drug-likeness (QED) is 0.764. The molecule has 0 saturated heterocycles. The van der Waals surface area contributed by atoms with Gasteiger partial charge in [-0.1, -0.05) is 18.0 Å². The predicted molar refractivity (Wildman–Crippen MR) is 61.2 cm³/mol. The van der Waals surface area contributed by atoms with E-state index in [9.17, 15) is 4.39 Å². The van der Waals surface area contributed by atoms with Crippen molar-refractivity contribution in [3.05, 3.63) is 34.6 Å². The van der Waals surface area contributed by atoms with Crippen LogP contribution in [0.4, 0.5) is 4.39 Å². The lowest BCUT2D eigenvalue weighted by atomic mass is 10.0. The summed E-state index contributed by atoms with van der Waals surface area (Å²) >= 11 is 5.93. The Kier molecular flexibility index (Phi) is 5.02. The van der Waals surface area contributed by atoms with Gasteiger partial charge in [0.25, 0.3) is 0 Å². The van der Waals surface area contributed by atoms with E-state index < -0.39 is 0 Å². The zero-order chi connectivity index (χ0) is 11.3. The van der Waals surface area contributed by atoms with Gasteiger partial charge in [-0.15, -0.1) is 0 Å². The van der Waals surface area contributed by atoms with Gasteiger partial charge in [0.15, 0.2) is 0 Å². The third-order valence-corrected chi connectivity index (χ3v) is 2.67. The molecule has 0 heterocycles. The minimum atomic E-state index is -0.302. The summed E-state index contributed by atoms with van der Waals surface area (Å²) in [7, 11) is 0. The van der Waals surface area contributed by atoms with Gasteiger partial charge in [0.1, 0.15) is 5.82 Å². The summed E-state index contributed by atoms with van der Waals surface area (Å²) in [6.45, 7) is 0.656. The SMILES string of the molecule is NCCCC[C@H](N)c1cc(F)ccc1Cl. The van der Waals surface area contributed by atoms with Gasteiger partial charge in [0.2, 0.25) is 0 Å². The molecule has 4 N–H and O–H groups in total. The number of nitrogens with two attached hydrogens (primary N) is 2. The van der Waals surface area contributed by atoms with Crippen LogP contribution in [0.15, 0.2) is 18.2 Å². The van der Waals surface area contributed by atoms with E-state index in [0.717, 1.165) is 19.3 Å². The molecule has 1 aromatic carbocycles. The molecule has 0 saturated carbocycles. The molecule has 15 heavy (non-hydrogen) atoms. The van der Waals surface area contributed by atoms with E-state index in [-0.39, 0.29) is 11.9 Å². The fourth-order valence-electron chi connectivity index (χ4n) is 1.46. The predicted octanol–water partition coefficient (Wildman–Crippen LogP) is 2.61. The van der Waals surface area contributed by atoms with Crippen LogP contribution in [0.5, 0.6) is 0 Å². The van der Waals surface area contributed by atoms with Crippen molar-refractivity contribution < 1.29 is 4.39 Å². The van der Waals surface area contributed by atoms with Gasteiger partial charge in [0.05, 0.1) is 0 Å². The molecule has 0 aliphatic carbocycles. The Morgan fingerprint density at radius 1 is 1.33 bits per heavy atom. The molecule has 0 aliphatic rings. The first kappa shape index (κ1) is 12.4. The maximum Gasteiger partial charge on any atom is 0.123 e. The molecule has 0 radical (unpaired) electrons. The third kappa shape index (κ3) is 3.78. The van der Waals surface area contributed by atoms with E-state index in [1.807, 2.05) is 0 Å². The molecule has 1 aromatic rings. The number of hydrogen-bond donors (Lipinski definition) is 2. The summed E-state index contributed by atoms with van der Waals surface area (Å²) in [4.78, 5) is 0. The van der Waals surface area contributed by atoms with Gasteiger partial charge in [-0.3, -0.25) is 0 Å². The fourth-order valence-corrected chi connectivity index (χ4v) is 1.72. The third-order valence-electron chi connectivity index (χ3n) is 2.33. The molecule has 1 atom stereocenters. The van der Waals surface area contributed by atoms with Crippen molar-refractivity contribution in [2.24, 2.45) is 11.5 Å². The Morgan fingerprint density at radius 2 is 2.07 bits per heavy atom. The van der Waals surface area contributed by atoms with Gasteiger partial charge in [-0.2, -0.15) is 0 Å². The first-order valence-corrected chi connectivity index (χ1v) is 5.43. The highest BCUT2D eigenvalue weighted by atomic mass is 35.5. The van der Waals surface area contributed by atoms with Crippen LogP contribution in [0.25, 0.3) is 0 Å². The van der Waals surface area contributed by atoms with E-state index >= 15 is 0 Å². The maximum absolute atomic E-state index is 13.0. The Morgan fingerprint density at radius 3 is 2.73 bits per heavy atom. The number of hydrogen-bond acceptors (Lipinski definition) is 2. The topological polar surface area (TPSA) is 52.0 Å². The lowest BCUT2D eigenvalue weighted by Gasteiger charge is -2.13. The average molecular weight is 231 g/mol. The van der Waals surface area contributed by atoms with Gasteiger partial charge in [-0.25, -0.2) is 4.39 Å². The van der Waals surface area contributed by atoms with E-state index in [4.69, 9.17) is 23.1 Å². The van der Waals surface area contributed by atoms with Crippen molar-refractivity contribution in [1.82, 2.24) is 0 Å². The van der Waals surface area contributed by atoms with Crippen LogP contribution in [0.3, 0.4) is 0 Å². The number of halogens is 2. The Balaban J connectivity index is 2.64. The van der Waals surface area contributed by atoms with Crippen molar-refractivity contribution in [3.8, 4) is 0 Å². The van der Waals surface area contributed by atoms with Crippen LogP contribution in [0, 0.1) is 5.82 Å². The molecule has 0 aliphatic heterocycles. The molecule has 0 aromatic heterocycles. The maximum atomic E-state index is 13.0. The summed E-state index contributed by atoms with van der Waals surface area (Å²) in [6.07, 6.45) is 2.64. The van der Waals surface area contributed by atoms with E-state index in [1.165, 1.54) is 18.2 Å². The van der Waals surface area contributed by atoms with Crippen molar-refractivity contribution in [2.45, 2.75) is 25.3 Å². The van der Waals surface area contributed by atoms with Gasteiger partial charge in [0, 0.05) is 11.1 Å². The molecule has 0 bridgehead atoms. The summed E-state index contributed by atoms with van der Waals surface area (Å²) in [5.74, 6) is -0.302. The summed E-state index contributed by atoms with van der Waals surface area (Å²) in [5, 5.41) is 0.525. The summed E-state index contributed by atoms with van der Waals surface area (Å²) in [6, 6.07) is 4.06. The molecule has 0 unspecified atom stereocenters. The Labute approximate surface area is 94.4 Å². The molecule has 84 valence electrons. The molecule has 4 heteroatoms. The highest BCUT2D eigenvalue weighted by Gasteiger charge is 2.10. The second-order valence-electron chi connectivity index (χ2n) is 3.56. The van der Waals surface area contributed by atoms with Crippen LogP contribution >= 0.6 is 11.6 Å². The van der Waals surface area contributed by atoms with E-state index in [2.05, 4.69) is 0 Å². The lowest BCUT2D eigenvalue weighted by Crippen LogP contribution is -2.12. The summed E-state index contributed by atoms with van der Waals surface area (Å²) in [5.41, 5.74) is 12.0. The Hall–Kier alpha value is -0.640. The van der Waals surface area contributed by atoms with Crippen LogP contribution < -0.4 is 11.5 Å². The number of unbranched alkanes of at least 4 members (excludes halogenated alkanes) is 1. The van der Waals surface area contributed by atoms with Crippen LogP contribution in [0.2, 0.25) is 5.02 Å². The van der Waals surface area contributed by atoms with Gasteiger partial charge in [-0.05, 0) is 43.1 Å². The van der Waals surface area contributed by atoms with Crippen LogP contribution in [0.1, 0.15) is 30.9 Å². The van der Waals surface area contributed by atoms with Gasteiger partial charge >= 0.3 is 0 Å². The average Bonchev–Trinajstić information content (AvgIpc) is 2.22. The largest absolute Gasteiger partial charge is 0.330 e. The lowest BCUT2D eigenvalue weighted by molar-refractivity contribution is 0.580. The van der Waals surface area contributed by atoms with Crippen molar-refractivity contribution in [3.63, 3.8) is 0 Å². The molecule has 0 spiro atoms. The van der Waals surface area contributed by atoms with Gasteiger partial charge < -0.3 is 11.5 Å². The molecular weight excluding hydrogens is 215 g/mol. The molecule has 0 fully saturated rings. The molecule has 1 rings (SSSR count). The second-order valence-corrected chi connectivity index (χ2v) is 3.96. The normalized spacial score (nSPS) is 12.8. The fraction of sp³-hybridized carbons (Fsp3) is 0.455. The monoisotopic (exact) mass is 230 g/mol. The van der Waals surface area contributed by atoms with E-state index in [0.29, 0.717) is 17.1 Å². The Bertz CT molecular complexity index is 317. The zero-order valence-corrected chi connectivity index (χ0v) is 9.30. The smallest absolute Gasteiger partial charge is 0.123 e.